The average molecular weight is 594 g/mol. The molecule has 0 aromatic carbocycles. The number of aliphatic hydroxyl groups excluding tert-OH is 1. The Morgan fingerprint density at radius 3 is 2.26 bits per heavy atom. The number of hydrogen-bond acceptors (Lipinski definition) is 12. The Hall–Kier alpha value is -3.92. The Morgan fingerprint density at radius 2 is 1.67 bits per heavy atom. The lowest BCUT2D eigenvalue weighted by atomic mass is 9.60. The topological polar surface area (TPSA) is 164 Å². The van der Waals surface area contributed by atoms with E-state index in [1.165, 1.54) is 28.1 Å². The molecule has 0 aromatic rings. The Kier molecular flexibility index (Phi) is 7.79. The molecule has 2 bridgehead atoms. The molecule has 12 heteroatoms. The predicted molar refractivity (Wildman–Crippen MR) is 149 cm³/mol. The molecular formula is C31H35N3O9. The van der Waals surface area contributed by atoms with Crippen LogP contribution in [0, 0.1) is 23.2 Å². The third-order valence-electron chi connectivity index (χ3n) is 9.88. The van der Waals surface area contributed by atoms with E-state index in [4.69, 9.17) is 14.2 Å². The SMILES string of the molecule is C/C=C(/C)C(=O)OC[C@H]1C2=C(C[C@H]3[C@H]4C5C(=O)C(OC)=C(C)C(=O)C5[C@H](O)[C@@H]([C@H](C#N)N13)N4C)C(=O)C(C)=C(OC)C2=O. The maximum absolute atomic E-state index is 13.9. The number of nitrogens with zero attached hydrogens (tertiary/aromatic N) is 3. The minimum absolute atomic E-state index is 0.0156. The van der Waals surface area contributed by atoms with E-state index in [9.17, 15) is 34.3 Å². The molecule has 0 spiro atoms. The second-order valence-corrected chi connectivity index (χ2v) is 11.7. The van der Waals surface area contributed by atoms with Crippen LogP contribution in [0.4, 0.5) is 0 Å². The number of allylic oxidation sites excluding steroid dienone is 5. The standard InChI is InChI=1S/C31H35N3O9/c1-8-12(2)31(40)43-11-18-19-15(24(35)13(3)29(41-6)27(19)38)9-16-22-20-21(25(36)14(4)30(42-7)28(20)39)26(37)23(33(22)5)17(10-32)34(16)18/h8,16-18,20-23,26,37H,9,11H2,1-7H3/b12-8-/t16-,17-,18-,20?,21?,22-,23+,26-/m0/s1. The molecule has 1 N–H and O–H groups in total. The number of piperidine rings is 1. The smallest absolute Gasteiger partial charge is 0.333 e. The van der Waals surface area contributed by atoms with Crippen LogP contribution in [-0.2, 0) is 38.2 Å². The van der Waals surface area contributed by atoms with Gasteiger partial charge in [-0.15, -0.1) is 0 Å². The van der Waals surface area contributed by atoms with Gasteiger partial charge in [-0.25, -0.2) is 4.79 Å². The van der Waals surface area contributed by atoms with Gasteiger partial charge in [-0.2, -0.15) is 5.26 Å². The Bertz CT molecular complexity index is 1510. The van der Waals surface area contributed by atoms with Crippen molar-refractivity contribution in [3.63, 3.8) is 0 Å². The van der Waals surface area contributed by atoms with Crippen LogP contribution in [0.1, 0.15) is 34.1 Å². The van der Waals surface area contributed by atoms with Gasteiger partial charge in [-0.05, 0) is 41.2 Å². The normalized spacial score (nSPS) is 34.9. The molecule has 8 atom stereocenters. The van der Waals surface area contributed by atoms with Crippen LogP contribution in [0.3, 0.4) is 0 Å². The summed E-state index contributed by atoms with van der Waals surface area (Å²) in [6.45, 7) is 5.84. The van der Waals surface area contributed by atoms with Crippen LogP contribution in [0.2, 0.25) is 0 Å². The minimum Gasteiger partial charge on any atom is -0.493 e. The summed E-state index contributed by atoms with van der Waals surface area (Å²) in [5.74, 6) is -4.89. The largest absolute Gasteiger partial charge is 0.493 e. The predicted octanol–water partition coefficient (Wildman–Crippen LogP) is 0.561. The van der Waals surface area contributed by atoms with Crippen molar-refractivity contribution in [1.82, 2.24) is 9.80 Å². The molecule has 2 saturated heterocycles. The first-order chi connectivity index (χ1) is 20.4. The number of carbonyl (C=O) groups excluding carboxylic acids is 5. The summed E-state index contributed by atoms with van der Waals surface area (Å²) < 4.78 is 16.3. The van der Waals surface area contributed by atoms with E-state index in [1.807, 2.05) is 0 Å². The second kappa shape index (κ2) is 11.0. The van der Waals surface area contributed by atoms with E-state index >= 15 is 0 Å². The molecule has 228 valence electrons. The highest BCUT2D eigenvalue weighted by molar-refractivity contribution is 6.25. The molecular weight excluding hydrogens is 558 g/mol. The molecule has 12 nitrogen and oxygen atoms in total. The van der Waals surface area contributed by atoms with Gasteiger partial charge in [-0.1, -0.05) is 6.08 Å². The van der Waals surface area contributed by atoms with Crippen molar-refractivity contribution < 1.29 is 43.3 Å². The molecule has 2 fully saturated rings. The van der Waals surface area contributed by atoms with Crippen molar-refractivity contribution in [3.05, 3.63) is 45.5 Å². The number of methoxy groups -OCH3 is 2. The number of esters is 1. The first-order valence-corrected chi connectivity index (χ1v) is 14.1. The number of carbonyl (C=O) groups is 5. The van der Waals surface area contributed by atoms with Gasteiger partial charge in [0.2, 0.25) is 11.6 Å². The molecule has 0 aromatic heterocycles. The van der Waals surface area contributed by atoms with Gasteiger partial charge < -0.3 is 19.3 Å². The summed E-state index contributed by atoms with van der Waals surface area (Å²) in [4.78, 5) is 71.3. The quantitative estimate of drug-likeness (QED) is 0.268. The molecule has 5 rings (SSSR count). The van der Waals surface area contributed by atoms with E-state index in [2.05, 4.69) is 6.07 Å². The minimum atomic E-state index is -1.41. The van der Waals surface area contributed by atoms with E-state index in [0.717, 1.165) is 0 Å². The van der Waals surface area contributed by atoms with Crippen LogP contribution in [0.25, 0.3) is 0 Å². The van der Waals surface area contributed by atoms with Crippen LogP contribution < -0.4 is 0 Å². The highest BCUT2D eigenvalue weighted by Gasteiger charge is 2.66. The first-order valence-electron chi connectivity index (χ1n) is 14.1. The summed E-state index contributed by atoms with van der Waals surface area (Å²) in [7, 11) is 4.27. The van der Waals surface area contributed by atoms with Gasteiger partial charge in [0, 0.05) is 39.9 Å². The Labute approximate surface area is 249 Å². The van der Waals surface area contributed by atoms with Gasteiger partial charge in [0.1, 0.15) is 12.6 Å². The Morgan fingerprint density at radius 1 is 1.02 bits per heavy atom. The van der Waals surface area contributed by atoms with Crippen molar-refractivity contribution >= 4 is 29.1 Å². The van der Waals surface area contributed by atoms with Gasteiger partial charge in [0.05, 0.1) is 50.3 Å². The molecule has 0 amide bonds. The fourth-order valence-electron chi connectivity index (χ4n) is 7.79. The number of ketones is 4. The van der Waals surface area contributed by atoms with Crippen LogP contribution in [0.5, 0.6) is 0 Å². The number of Topliss-reactive ketones (excluding diaryl/α,β-unsaturated/α-hetero) is 4. The lowest BCUT2D eigenvalue weighted by molar-refractivity contribution is -0.185. The molecule has 2 aliphatic carbocycles. The van der Waals surface area contributed by atoms with Gasteiger partial charge in [0.25, 0.3) is 0 Å². The van der Waals surface area contributed by atoms with E-state index in [0.29, 0.717) is 5.57 Å². The van der Waals surface area contributed by atoms with E-state index in [-0.39, 0.29) is 46.8 Å². The summed E-state index contributed by atoms with van der Waals surface area (Å²) in [6.07, 6.45) is 0.147. The highest BCUT2D eigenvalue weighted by atomic mass is 16.5. The second-order valence-electron chi connectivity index (χ2n) is 11.7. The summed E-state index contributed by atoms with van der Waals surface area (Å²) in [6, 6.07) is -2.34. The molecule has 43 heavy (non-hydrogen) atoms. The van der Waals surface area contributed by atoms with Crippen molar-refractivity contribution in [1.29, 1.82) is 5.26 Å². The third kappa shape index (κ3) is 4.17. The molecule has 0 saturated carbocycles. The molecule has 2 unspecified atom stereocenters. The molecule has 3 aliphatic heterocycles. The van der Waals surface area contributed by atoms with Crippen molar-refractivity contribution in [2.24, 2.45) is 11.8 Å². The fourth-order valence-corrected chi connectivity index (χ4v) is 7.79. The molecule has 3 heterocycles. The lowest BCUT2D eigenvalue weighted by Gasteiger charge is -2.64. The van der Waals surface area contributed by atoms with Crippen LogP contribution in [-0.4, -0.2) is 108 Å². The first kappa shape index (κ1) is 30.5. The monoisotopic (exact) mass is 593 g/mol. The molecule has 0 radical (unpaired) electrons. The van der Waals surface area contributed by atoms with Crippen molar-refractivity contribution in [2.45, 2.75) is 70.4 Å². The highest BCUT2D eigenvalue weighted by Crippen LogP contribution is 2.51. The number of likely N-dealkylation sites (N-methyl/N-ethyl adjacent to an activating group) is 1. The Balaban J connectivity index is 1.71. The van der Waals surface area contributed by atoms with Crippen LogP contribution in [0.15, 0.2) is 45.5 Å². The average Bonchev–Trinajstić information content (AvgIpc) is 2.98. The number of aliphatic hydroxyl groups is 1. The third-order valence-corrected chi connectivity index (χ3v) is 9.88. The zero-order valence-corrected chi connectivity index (χ0v) is 25.2. The van der Waals surface area contributed by atoms with Crippen molar-refractivity contribution in [3.8, 4) is 6.07 Å². The number of fused-ring (bicyclic) bond motifs is 6. The summed E-state index contributed by atoms with van der Waals surface area (Å²) >= 11 is 0. The van der Waals surface area contributed by atoms with Gasteiger partial charge in [0.15, 0.2) is 23.1 Å². The number of nitriles is 1. The maximum Gasteiger partial charge on any atom is 0.333 e. The van der Waals surface area contributed by atoms with E-state index < -0.39 is 77.3 Å². The van der Waals surface area contributed by atoms with E-state index in [1.54, 1.807) is 36.8 Å². The number of hydrogen-bond donors (Lipinski definition) is 1. The summed E-state index contributed by atoms with van der Waals surface area (Å²) in [5, 5.41) is 22.3. The molecule has 5 aliphatic rings. The summed E-state index contributed by atoms with van der Waals surface area (Å²) in [5.41, 5.74) is 0.808. The fraction of sp³-hybridized carbons (Fsp3) is 0.548. The number of piperazine rings is 1. The lowest BCUT2D eigenvalue weighted by Crippen LogP contribution is -2.80. The maximum atomic E-state index is 13.9. The van der Waals surface area contributed by atoms with Crippen molar-refractivity contribution in [2.75, 3.05) is 27.9 Å². The zero-order valence-electron chi connectivity index (χ0n) is 25.2. The van der Waals surface area contributed by atoms with Gasteiger partial charge >= 0.3 is 5.97 Å². The number of ether oxygens (including phenoxy) is 3. The van der Waals surface area contributed by atoms with Crippen LogP contribution >= 0.6 is 0 Å². The zero-order chi connectivity index (χ0) is 31.7. The van der Waals surface area contributed by atoms with Gasteiger partial charge in [-0.3, -0.25) is 29.0 Å². The number of rotatable bonds is 5.